The molecule has 1 atom stereocenters. The highest BCUT2D eigenvalue weighted by molar-refractivity contribution is 5.43. The zero-order chi connectivity index (χ0) is 12.0. The molecule has 0 bridgehead atoms. The van der Waals surface area contributed by atoms with Gasteiger partial charge in [-0.2, -0.15) is 0 Å². The third-order valence-electron chi connectivity index (χ3n) is 2.38. The fourth-order valence-corrected chi connectivity index (χ4v) is 1.52. The van der Waals surface area contributed by atoms with Crippen LogP contribution in [0.15, 0.2) is 18.2 Å². The topological polar surface area (TPSA) is 38.7 Å². The van der Waals surface area contributed by atoms with E-state index in [1.54, 1.807) is 14.0 Å². The predicted molar refractivity (Wildman–Crippen MR) is 64.2 cm³/mol. The Morgan fingerprint density at radius 2 is 2.06 bits per heavy atom. The molecule has 1 N–H and O–H groups in total. The van der Waals surface area contributed by atoms with Gasteiger partial charge in [-0.15, -0.1) is 0 Å². The molecule has 0 saturated heterocycles. The van der Waals surface area contributed by atoms with Gasteiger partial charge in [0.15, 0.2) is 11.5 Å². The number of rotatable bonds is 6. The first-order valence-electron chi connectivity index (χ1n) is 5.65. The minimum Gasteiger partial charge on any atom is -0.493 e. The van der Waals surface area contributed by atoms with Gasteiger partial charge in [0.25, 0.3) is 0 Å². The van der Waals surface area contributed by atoms with Crippen molar-refractivity contribution in [3.63, 3.8) is 0 Å². The molecular weight excluding hydrogens is 204 g/mol. The maximum atomic E-state index is 9.23. The van der Waals surface area contributed by atoms with Crippen molar-refractivity contribution >= 4 is 0 Å². The second-order valence-corrected chi connectivity index (χ2v) is 3.81. The van der Waals surface area contributed by atoms with Crippen molar-refractivity contribution in [2.24, 2.45) is 0 Å². The van der Waals surface area contributed by atoms with Crippen molar-refractivity contribution in [2.45, 2.75) is 32.8 Å². The summed E-state index contributed by atoms with van der Waals surface area (Å²) in [6.07, 6.45) is 1.34. The summed E-state index contributed by atoms with van der Waals surface area (Å²) < 4.78 is 10.7. The number of aryl methyl sites for hydroxylation is 1. The van der Waals surface area contributed by atoms with Crippen LogP contribution in [-0.2, 0) is 6.42 Å². The van der Waals surface area contributed by atoms with Crippen molar-refractivity contribution in [1.29, 1.82) is 0 Å². The Bertz CT molecular complexity index is 321. The average Bonchev–Trinajstić information content (AvgIpc) is 2.27. The highest BCUT2D eigenvalue weighted by Gasteiger charge is 2.06. The lowest BCUT2D eigenvalue weighted by atomic mass is 10.1. The first-order chi connectivity index (χ1) is 7.67. The van der Waals surface area contributed by atoms with Crippen LogP contribution < -0.4 is 9.47 Å². The average molecular weight is 224 g/mol. The van der Waals surface area contributed by atoms with Crippen molar-refractivity contribution in [1.82, 2.24) is 0 Å². The molecule has 0 radical (unpaired) electrons. The van der Waals surface area contributed by atoms with Gasteiger partial charge in [-0.25, -0.2) is 0 Å². The molecule has 0 fully saturated rings. The largest absolute Gasteiger partial charge is 0.493 e. The number of hydrogen-bond donors (Lipinski definition) is 1. The van der Waals surface area contributed by atoms with Gasteiger partial charge in [-0.05, 0) is 44.4 Å². The van der Waals surface area contributed by atoms with E-state index in [1.165, 1.54) is 0 Å². The van der Waals surface area contributed by atoms with Crippen LogP contribution in [0.3, 0.4) is 0 Å². The van der Waals surface area contributed by atoms with Crippen LogP contribution in [0.5, 0.6) is 11.5 Å². The van der Waals surface area contributed by atoms with Crippen LogP contribution >= 0.6 is 0 Å². The fraction of sp³-hybridized carbons (Fsp3) is 0.538. The molecule has 90 valence electrons. The molecule has 0 aliphatic carbocycles. The van der Waals surface area contributed by atoms with Crippen LogP contribution in [0.4, 0.5) is 0 Å². The molecule has 1 aromatic rings. The number of hydrogen-bond acceptors (Lipinski definition) is 3. The molecule has 0 spiro atoms. The monoisotopic (exact) mass is 224 g/mol. The van der Waals surface area contributed by atoms with Crippen molar-refractivity contribution in [3.8, 4) is 11.5 Å². The first kappa shape index (κ1) is 12.8. The van der Waals surface area contributed by atoms with E-state index in [9.17, 15) is 5.11 Å². The maximum Gasteiger partial charge on any atom is 0.161 e. The molecule has 0 aliphatic rings. The molecule has 1 aromatic carbocycles. The zero-order valence-corrected chi connectivity index (χ0v) is 10.2. The predicted octanol–water partition coefficient (Wildman–Crippen LogP) is 2.41. The van der Waals surface area contributed by atoms with Crippen molar-refractivity contribution in [3.05, 3.63) is 23.8 Å². The van der Waals surface area contributed by atoms with Gasteiger partial charge in [-0.1, -0.05) is 6.07 Å². The molecule has 0 amide bonds. The van der Waals surface area contributed by atoms with Gasteiger partial charge in [0.2, 0.25) is 0 Å². The molecule has 16 heavy (non-hydrogen) atoms. The molecule has 1 rings (SSSR count). The van der Waals surface area contributed by atoms with Crippen molar-refractivity contribution < 1.29 is 14.6 Å². The summed E-state index contributed by atoms with van der Waals surface area (Å²) in [7, 11) is 1.63. The summed E-state index contributed by atoms with van der Waals surface area (Å²) in [5.74, 6) is 1.52. The number of methoxy groups -OCH3 is 1. The Morgan fingerprint density at radius 1 is 1.31 bits per heavy atom. The molecule has 0 aliphatic heterocycles. The van der Waals surface area contributed by atoms with Gasteiger partial charge in [0, 0.05) is 0 Å². The van der Waals surface area contributed by atoms with E-state index >= 15 is 0 Å². The summed E-state index contributed by atoms with van der Waals surface area (Å²) in [4.78, 5) is 0. The van der Waals surface area contributed by atoms with E-state index in [0.717, 1.165) is 29.9 Å². The lowest BCUT2D eigenvalue weighted by molar-refractivity contribution is 0.185. The third-order valence-corrected chi connectivity index (χ3v) is 2.38. The summed E-state index contributed by atoms with van der Waals surface area (Å²) in [5.41, 5.74) is 1.16. The summed E-state index contributed by atoms with van der Waals surface area (Å²) in [5, 5.41) is 9.23. The molecule has 3 nitrogen and oxygen atoms in total. The molecule has 0 aromatic heterocycles. The van der Waals surface area contributed by atoms with E-state index in [2.05, 4.69) is 0 Å². The van der Waals surface area contributed by atoms with Gasteiger partial charge in [-0.3, -0.25) is 0 Å². The highest BCUT2D eigenvalue weighted by Crippen LogP contribution is 2.28. The fourth-order valence-electron chi connectivity index (χ4n) is 1.52. The SMILES string of the molecule is CCOc1cc(CCC(C)O)ccc1OC. The Labute approximate surface area is 97.0 Å². The second kappa shape index (κ2) is 6.38. The van der Waals surface area contributed by atoms with E-state index in [0.29, 0.717) is 6.61 Å². The van der Waals surface area contributed by atoms with E-state index < -0.39 is 0 Å². The van der Waals surface area contributed by atoms with Crippen LogP contribution in [0.2, 0.25) is 0 Å². The van der Waals surface area contributed by atoms with E-state index in [-0.39, 0.29) is 6.10 Å². The lowest BCUT2D eigenvalue weighted by Gasteiger charge is -2.11. The number of aliphatic hydroxyl groups is 1. The Balaban J connectivity index is 2.76. The number of benzene rings is 1. The van der Waals surface area contributed by atoms with Crippen LogP contribution in [0, 0.1) is 0 Å². The number of aliphatic hydroxyl groups excluding tert-OH is 1. The van der Waals surface area contributed by atoms with Gasteiger partial charge in [0.1, 0.15) is 0 Å². The Hall–Kier alpha value is -1.22. The van der Waals surface area contributed by atoms with Crippen LogP contribution in [-0.4, -0.2) is 24.9 Å². The zero-order valence-electron chi connectivity index (χ0n) is 10.2. The van der Waals surface area contributed by atoms with Gasteiger partial charge < -0.3 is 14.6 Å². The molecule has 0 heterocycles. The highest BCUT2D eigenvalue weighted by atomic mass is 16.5. The molecule has 0 saturated carbocycles. The Morgan fingerprint density at radius 3 is 2.62 bits per heavy atom. The Kier molecular flexibility index (Phi) is 5.12. The van der Waals surface area contributed by atoms with Crippen LogP contribution in [0.1, 0.15) is 25.8 Å². The molecular formula is C13H20O3. The summed E-state index contributed by atoms with van der Waals surface area (Å²) in [6, 6.07) is 5.89. The maximum absolute atomic E-state index is 9.23. The quantitative estimate of drug-likeness (QED) is 0.806. The lowest BCUT2D eigenvalue weighted by Crippen LogP contribution is -2.02. The summed E-state index contributed by atoms with van der Waals surface area (Å²) >= 11 is 0. The molecule has 1 unspecified atom stereocenters. The smallest absolute Gasteiger partial charge is 0.161 e. The third kappa shape index (κ3) is 3.74. The normalized spacial score (nSPS) is 12.2. The minimum atomic E-state index is -0.266. The van der Waals surface area contributed by atoms with Crippen LogP contribution in [0.25, 0.3) is 0 Å². The standard InChI is InChI=1S/C13H20O3/c1-4-16-13-9-11(6-5-10(2)14)7-8-12(13)15-3/h7-10,14H,4-6H2,1-3H3. The molecule has 3 heteroatoms. The van der Waals surface area contributed by atoms with E-state index in [1.807, 2.05) is 25.1 Å². The summed E-state index contributed by atoms with van der Waals surface area (Å²) in [6.45, 7) is 4.37. The number of ether oxygens (including phenoxy) is 2. The van der Waals surface area contributed by atoms with Gasteiger partial charge in [0.05, 0.1) is 19.8 Å². The van der Waals surface area contributed by atoms with Gasteiger partial charge >= 0.3 is 0 Å². The second-order valence-electron chi connectivity index (χ2n) is 3.81. The first-order valence-corrected chi connectivity index (χ1v) is 5.65. The van der Waals surface area contributed by atoms with Crippen molar-refractivity contribution in [2.75, 3.05) is 13.7 Å². The minimum absolute atomic E-state index is 0.266. The van der Waals surface area contributed by atoms with E-state index in [4.69, 9.17) is 9.47 Å².